The van der Waals surface area contributed by atoms with Crippen LogP contribution >= 0.6 is 0 Å². The molecule has 0 saturated heterocycles. The van der Waals surface area contributed by atoms with Crippen LogP contribution < -0.4 is 10.6 Å². The van der Waals surface area contributed by atoms with Gasteiger partial charge in [0, 0.05) is 24.2 Å². The molecule has 0 aromatic heterocycles. The molecule has 2 aromatic carbocycles. The van der Waals surface area contributed by atoms with Gasteiger partial charge >= 0.3 is 0 Å². The summed E-state index contributed by atoms with van der Waals surface area (Å²) in [5.41, 5.74) is 2.07. The number of carbonyl (C=O) groups is 2. The molecule has 0 aliphatic heterocycles. The fourth-order valence-electron chi connectivity index (χ4n) is 2.68. The van der Waals surface area contributed by atoms with Gasteiger partial charge in [0.05, 0.1) is 0 Å². The molecule has 1 aliphatic rings. The Kier molecular flexibility index (Phi) is 4.10. The van der Waals surface area contributed by atoms with Gasteiger partial charge in [0.1, 0.15) is 5.82 Å². The van der Waals surface area contributed by atoms with Crippen LogP contribution in [0.5, 0.6) is 0 Å². The van der Waals surface area contributed by atoms with E-state index < -0.39 is 0 Å². The molecule has 1 aliphatic carbocycles. The van der Waals surface area contributed by atoms with Crippen LogP contribution in [0.4, 0.5) is 10.1 Å². The molecule has 0 spiro atoms. The zero-order valence-electron chi connectivity index (χ0n) is 12.7. The molecule has 118 valence electrons. The largest absolute Gasteiger partial charge is 0.355 e. The van der Waals surface area contributed by atoms with Crippen LogP contribution in [-0.4, -0.2) is 18.9 Å². The van der Waals surface area contributed by atoms with Gasteiger partial charge in [0.15, 0.2) is 0 Å². The van der Waals surface area contributed by atoms with Gasteiger partial charge in [-0.1, -0.05) is 18.2 Å². The van der Waals surface area contributed by atoms with Gasteiger partial charge in [0.2, 0.25) is 5.91 Å². The van der Waals surface area contributed by atoms with Crippen molar-refractivity contribution in [2.24, 2.45) is 5.92 Å². The van der Waals surface area contributed by atoms with E-state index >= 15 is 0 Å². The van der Waals surface area contributed by atoms with Crippen LogP contribution in [0.25, 0.3) is 0 Å². The number of hydrogen-bond acceptors (Lipinski definition) is 2. The Morgan fingerprint density at radius 3 is 2.57 bits per heavy atom. The summed E-state index contributed by atoms with van der Waals surface area (Å²) in [6, 6.07) is 13.1. The predicted octanol–water partition coefficient (Wildman–Crippen LogP) is 2.93. The minimum absolute atomic E-state index is 0.0756. The van der Waals surface area contributed by atoms with Crippen molar-refractivity contribution in [3.8, 4) is 0 Å². The second-order valence-corrected chi connectivity index (χ2v) is 5.65. The van der Waals surface area contributed by atoms with E-state index in [1.54, 1.807) is 43.4 Å². The highest BCUT2D eigenvalue weighted by Crippen LogP contribution is 2.47. The third-order valence-corrected chi connectivity index (χ3v) is 4.04. The third kappa shape index (κ3) is 3.39. The first kappa shape index (κ1) is 15.2. The Balaban J connectivity index is 1.64. The van der Waals surface area contributed by atoms with E-state index in [2.05, 4.69) is 10.6 Å². The molecule has 4 nitrogen and oxygen atoms in total. The SMILES string of the molecule is CNC(=O)c1cccc(NC(=O)[C@H]2C[C@@H]2c2ccc(F)cc2)c1. The number of benzene rings is 2. The molecule has 5 heteroatoms. The van der Waals surface area contributed by atoms with Gasteiger partial charge in [-0.05, 0) is 48.2 Å². The van der Waals surface area contributed by atoms with E-state index in [9.17, 15) is 14.0 Å². The van der Waals surface area contributed by atoms with Gasteiger partial charge in [-0.15, -0.1) is 0 Å². The van der Waals surface area contributed by atoms with Gasteiger partial charge < -0.3 is 10.6 Å². The Morgan fingerprint density at radius 1 is 1.13 bits per heavy atom. The summed E-state index contributed by atoms with van der Waals surface area (Å²) in [5.74, 6) is -0.520. The number of anilines is 1. The van der Waals surface area contributed by atoms with Crippen LogP contribution in [0, 0.1) is 11.7 Å². The van der Waals surface area contributed by atoms with Crippen molar-refractivity contribution in [1.29, 1.82) is 0 Å². The highest BCUT2D eigenvalue weighted by molar-refractivity contribution is 5.98. The molecule has 0 radical (unpaired) electrons. The number of hydrogen-bond donors (Lipinski definition) is 2. The Bertz CT molecular complexity index is 743. The number of halogens is 1. The molecule has 23 heavy (non-hydrogen) atoms. The van der Waals surface area contributed by atoms with Crippen LogP contribution in [0.15, 0.2) is 48.5 Å². The third-order valence-electron chi connectivity index (χ3n) is 4.04. The Labute approximate surface area is 133 Å². The molecular formula is C18H17FN2O2. The summed E-state index contributed by atoms with van der Waals surface area (Å²) in [5, 5.41) is 5.39. The highest BCUT2D eigenvalue weighted by atomic mass is 19.1. The normalized spacial score (nSPS) is 19.0. The van der Waals surface area contributed by atoms with Crippen LogP contribution in [0.2, 0.25) is 0 Å². The number of rotatable bonds is 4. The number of nitrogens with one attached hydrogen (secondary N) is 2. The molecule has 2 amide bonds. The molecule has 2 atom stereocenters. The smallest absolute Gasteiger partial charge is 0.251 e. The minimum Gasteiger partial charge on any atom is -0.355 e. The van der Waals surface area contributed by atoms with Gasteiger partial charge in [0.25, 0.3) is 5.91 Å². The quantitative estimate of drug-likeness (QED) is 0.912. The zero-order valence-corrected chi connectivity index (χ0v) is 12.7. The van der Waals surface area contributed by atoms with Crippen molar-refractivity contribution in [2.45, 2.75) is 12.3 Å². The van der Waals surface area contributed by atoms with Crippen molar-refractivity contribution in [3.05, 3.63) is 65.5 Å². The first-order valence-corrected chi connectivity index (χ1v) is 7.47. The molecule has 3 rings (SSSR count). The lowest BCUT2D eigenvalue weighted by molar-refractivity contribution is -0.117. The number of amides is 2. The molecule has 2 N–H and O–H groups in total. The first-order chi connectivity index (χ1) is 11.1. The summed E-state index contributed by atoms with van der Waals surface area (Å²) < 4.78 is 12.9. The fourth-order valence-corrected chi connectivity index (χ4v) is 2.68. The summed E-state index contributed by atoms with van der Waals surface area (Å²) in [4.78, 5) is 23.9. The van der Waals surface area contributed by atoms with Crippen molar-refractivity contribution < 1.29 is 14.0 Å². The highest BCUT2D eigenvalue weighted by Gasteiger charge is 2.43. The maximum absolute atomic E-state index is 12.9. The fraction of sp³-hybridized carbons (Fsp3) is 0.222. The van der Waals surface area contributed by atoms with Crippen LogP contribution in [-0.2, 0) is 4.79 Å². The maximum atomic E-state index is 12.9. The van der Waals surface area contributed by atoms with Crippen molar-refractivity contribution >= 4 is 17.5 Å². The van der Waals surface area contributed by atoms with Crippen molar-refractivity contribution in [1.82, 2.24) is 5.32 Å². The van der Waals surface area contributed by atoms with Gasteiger partial charge in [-0.3, -0.25) is 9.59 Å². The standard InChI is InChI=1S/C18H17FN2O2/c1-20-17(22)12-3-2-4-14(9-12)21-18(23)16-10-15(16)11-5-7-13(19)8-6-11/h2-9,15-16H,10H2,1H3,(H,20,22)(H,21,23)/t15-,16+/m1/s1. The summed E-state index contributed by atoms with van der Waals surface area (Å²) >= 11 is 0. The van der Waals surface area contributed by atoms with Crippen LogP contribution in [0.1, 0.15) is 28.3 Å². The second-order valence-electron chi connectivity index (χ2n) is 5.65. The van der Waals surface area contributed by atoms with E-state index in [1.807, 2.05) is 0 Å². The average Bonchev–Trinajstić information content (AvgIpc) is 3.36. The molecular weight excluding hydrogens is 295 g/mol. The summed E-state index contributed by atoms with van der Waals surface area (Å²) in [6.45, 7) is 0. The van der Waals surface area contributed by atoms with E-state index in [1.165, 1.54) is 12.1 Å². The van der Waals surface area contributed by atoms with Gasteiger partial charge in [-0.25, -0.2) is 4.39 Å². The Morgan fingerprint density at radius 2 is 1.87 bits per heavy atom. The Hall–Kier alpha value is -2.69. The lowest BCUT2D eigenvalue weighted by Gasteiger charge is -2.07. The summed E-state index contributed by atoms with van der Waals surface area (Å²) in [6.07, 6.45) is 0.757. The van der Waals surface area contributed by atoms with E-state index in [0.717, 1.165) is 12.0 Å². The topological polar surface area (TPSA) is 58.2 Å². The van der Waals surface area contributed by atoms with E-state index in [4.69, 9.17) is 0 Å². The minimum atomic E-state index is -0.276. The van der Waals surface area contributed by atoms with Crippen LogP contribution in [0.3, 0.4) is 0 Å². The first-order valence-electron chi connectivity index (χ1n) is 7.47. The average molecular weight is 312 g/mol. The number of carbonyl (C=O) groups excluding carboxylic acids is 2. The molecule has 2 aromatic rings. The van der Waals surface area contributed by atoms with Gasteiger partial charge in [-0.2, -0.15) is 0 Å². The molecule has 0 heterocycles. The zero-order chi connectivity index (χ0) is 16.4. The monoisotopic (exact) mass is 312 g/mol. The van der Waals surface area contributed by atoms with Crippen molar-refractivity contribution in [3.63, 3.8) is 0 Å². The summed E-state index contributed by atoms with van der Waals surface area (Å²) in [7, 11) is 1.56. The lowest BCUT2D eigenvalue weighted by atomic mass is 10.1. The second kappa shape index (κ2) is 6.20. The van der Waals surface area contributed by atoms with E-state index in [0.29, 0.717) is 11.3 Å². The molecule has 1 fully saturated rings. The molecule has 0 unspecified atom stereocenters. The van der Waals surface area contributed by atoms with Crippen molar-refractivity contribution in [2.75, 3.05) is 12.4 Å². The molecule has 0 bridgehead atoms. The maximum Gasteiger partial charge on any atom is 0.251 e. The van der Waals surface area contributed by atoms with E-state index in [-0.39, 0.29) is 29.5 Å². The predicted molar refractivity (Wildman–Crippen MR) is 85.7 cm³/mol. The molecule has 1 saturated carbocycles. The lowest BCUT2D eigenvalue weighted by Crippen LogP contribution is -2.19.